The van der Waals surface area contributed by atoms with Crippen molar-refractivity contribution in [3.63, 3.8) is 0 Å². The van der Waals surface area contributed by atoms with Crippen LogP contribution in [0.25, 0.3) is 0 Å². The predicted octanol–water partition coefficient (Wildman–Crippen LogP) is 3.43. The standard InChI is InChI=1S/C18H26O4/c1-11(2)13-9-8-12(3)10-16(13)22-18(21)17(20)14-6-4-5-7-15(14)19/h4-7,11-13,16-17,19-20H,8-10H2,1-3H3/t12-,13+,16-,17-/m1/s1. The van der Waals surface area contributed by atoms with Gasteiger partial charge in [-0.2, -0.15) is 0 Å². The van der Waals surface area contributed by atoms with Gasteiger partial charge in [-0.15, -0.1) is 0 Å². The molecule has 0 unspecified atom stereocenters. The summed E-state index contributed by atoms with van der Waals surface area (Å²) in [7, 11) is 0. The van der Waals surface area contributed by atoms with Crippen molar-refractivity contribution in [1.29, 1.82) is 0 Å². The molecule has 0 amide bonds. The van der Waals surface area contributed by atoms with E-state index in [0.29, 0.717) is 17.8 Å². The van der Waals surface area contributed by atoms with Gasteiger partial charge in [-0.25, -0.2) is 4.79 Å². The van der Waals surface area contributed by atoms with Crippen LogP contribution in [0, 0.1) is 17.8 Å². The van der Waals surface area contributed by atoms with Gasteiger partial charge in [-0.05, 0) is 36.7 Å². The first-order valence-corrected chi connectivity index (χ1v) is 8.06. The number of phenolic OH excluding ortho intramolecular Hbond substituents is 1. The minimum absolute atomic E-state index is 0.0932. The molecule has 0 saturated heterocycles. The van der Waals surface area contributed by atoms with Crippen LogP contribution < -0.4 is 0 Å². The molecule has 0 aliphatic heterocycles. The summed E-state index contributed by atoms with van der Waals surface area (Å²) in [6.45, 7) is 6.44. The molecule has 2 rings (SSSR count). The first kappa shape index (κ1) is 16.8. The average Bonchev–Trinajstić information content (AvgIpc) is 2.46. The van der Waals surface area contributed by atoms with Gasteiger partial charge in [0.05, 0.1) is 0 Å². The molecule has 4 atom stereocenters. The highest BCUT2D eigenvalue weighted by molar-refractivity contribution is 5.77. The van der Waals surface area contributed by atoms with Crippen LogP contribution in [0.15, 0.2) is 24.3 Å². The van der Waals surface area contributed by atoms with Crippen LogP contribution in [0.5, 0.6) is 5.75 Å². The van der Waals surface area contributed by atoms with E-state index in [1.54, 1.807) is 12.1 Å². The van der Waals surface area contributed by atoms with E-state index in [-0.39, 0.29) is 17.4 Å². The lowest BCUT2D eigenvalue weighted by atomic mass is 9.75. The summed E-state index contributed by atoms with van der Waals surface area (Å²) in [5.74, 6) is 0.523. The summed E-state index contributed by atoms with van der Waals surface area (Å²) in [6.07, 6.45) is 1.44. The summed E-state index contributed by atoms with van der Waals surface area (Å²) in [4.78, 5) is 12.3. The summed E-state index contributed by atoms with van der Waals surface area (Å²) in [6, 6.07) is 6.30. The van der Waals surface area contributed by atoms with E-state index in [1.807, 2.05) is 0 Å². The van der Waals surface area contributed by atoms with Crippen LogP contribution >= 0.6 is 0 Å². The Hall–Kier alpha value is -1.55. The summed E-state index contributed by atoms with van der Waals surface area (Å²) in [5.41, 5.74) is 0.192. The lowest BCUT2D eigenvalue weighted by molar-refractivity contribution is -0.166. The van der Waals surface area contributed by atoms with E-state index in [2.05, 4.69) is 20.8 Å². The Labute approximate surface area is 132 Å². The molecule has 2 N–H and O–H groups in total. The van der Waals surface area contributed by atoms with Crippen LogP contribution in [0.1, 0.15) is 51.7 Å². The molecule has 122 valence electrons. The topological polar surface area (TPSA) is 66.8 Å². The molecule has 1 saturated carbocycles. The Balaban J connectivity index is 2.07. The fourth-order valence-corrected chi connectivity index (χ4v) is 3.31. The van der Waals surface area contributed by atoms with Crippen molar-refractivity contribution in [2.24, 2.45) is 17.8 Å². The number of hydrogen-bond donors (Lipinski definition) is 2. The van der Waals surface area contributed by atoms with E-state index in [9.17, 15) is 15.0 Å². The monoisotopic (exact) mass is 306 g/mol. The second-order valence-electron chi connectivity index (χ2n) is 6.76. The molecule has 0 spiro atoms. The number of phenols is 1. The quantitative estimate of drug-likeness (QED) is 0.836. The van der Waals surface area contributed by atoms with Gasteiger partial charge >= 0.3 is 5.97 Å². The molecule has 0 radical (unpaired) electrons. The van der Waals surface area contributed by atoms with Crippen molar-refractivity contribution in [1.82, 2.24) is 0 Å². The normalized spacial score (nSPS) is 26.7. The van der Waals surface area contributed by atoms with Crippen molar-refractivity contribution >= 4 is 5.97 Å². The molecule has 1 fully saturated rings. The highest BCUT2D eigenvalue weighted by Gasteiger charge is 2.35. The molecule has 22 heavy (non-hydrogen) atoms. The summed E-state index contributed by atoms with van der Waals surface area (Å²) < 4.78 is 5.61. The van der Waals surface area contributed by atoms with Gasteiger partial charge in [0, 0.05) is 5.56 Å². The van der Waals surface area contributed by atoms with E-state index in [0.717, 1.165) is 19.3 Å². The molecule has 4 nitrogen and oxygen atoms in total. The maximum Gasteiger partial charge on any atom is 0.340 e. The number of carbonyl (C=O) groups is 1. The minimum Gasteiger partial charge on any atom is -0.508 e. The van der Waals surface area contributed by atoms with Gasteiger partial charge in [-0.3, -0.25) is 0 Å². The van der Waals surface area contributed by atoms with Crippen molar-refractivity contribution in [2.45, 2.75) is 52.2 Å². The second kappa shape index (κ2) is 7.14. The minimum atomic E-state index is -1.44. The number of aliphatic hydroxyl groups is 1. The SMILES string of the molecule is CC(C)[C@@H]1CC[C@@H](C)C[C@H]1OC(=O)[C@H](O)c1ccccc1O. The lowest BCUT2D eigenvalue weighted by Gasteiger charge is -2.37. The van der Waals surface area contributed by atoms with Gasteiger partial charge in [0.15, 0.2) is 6.10 Å². The predicted molar refractivity (Wildman–Crippen MR) is 84.3 cm³/mol. The van der Waals surface area contributed by atoms with E-state index < -0.39 is 12.1 Å². The molecule has 1 aromatic rings. The Morgan fingerprint density at radius 2 is 1.95 bits per heavy atom. The average molecular weight is 306 g/mol. The Kier molecular flexibility index (Phi) is 5.46. The summed E-state index contributed by atoms with van der Waals surface area (Å²) in [5, 5.41) is 19.9. The highest BCUT2D eigenvalue weighted by Crippen LogP contribution is 2.36. The Morgan fingerprint density at radius 1 is 1.27 bits per heavy atom. The van der Waals surface area contributed by atoms with Gasteiger partial charge in [0.25, 0.3) is 0 Å². The van der Waals surface area contributed by atoms with Crippen molar-refractivity contribution < 1.29 is 19.7 Å². The molecule has 0 bridgehead atoms. The van der Waals surface area contributed by atoms with E-state index >= 15 is 0 Å². The van der Waals surface area contributed by atoms with Crippen LogP contribution in [0.3, 0.4) is 0 Å². The number of benzene rings is 1. The first-order chi connectivity index (χ1) is 10.4. The zero-order chi connectivity index (χ0) is 16.3. The molecular weight excluding hydrogens is 280 g/mol. The largest absolute Gasteiger partial charge is 0.508 e. The molecule has 1 aromatic carbocycles. The number of hydrogen-bond acceptors (Lipinski definition) is 4. The van der Waals surface area contributed by atoms with Gasteiger partial charge in [0.2, 0.25) is 0 Å². The number of aliphatic hydroxyl groups excluding tert-OH is 1. The molecule has 0 aromatic heterocycles. The number of para-hydroxylation sites is 1. The molecule has 1 aliphatic carbocycles. The fraction of sp³-hybridized carbons (Fsp3) is 0.611. The third kappa shape index (κ3) is 3.80. The third-order valence-corrected chi connectivity index (χ3v) is 4.68. The van der Waals surface area contributed by atoms with Crippen LogP contribution in [-0.2, 0) is 9.53 Å². The number of carbonyl (C=O) groups excluding carboxylic acids is 1. The Bertz CT molecular complexity index is 512. The molecule has 4 heteroatoms. The maximum absolute atomic E-state index is 12.3. The highest BCUT2D eigenvalue weighted by atomic mass is 16.6. The number of aromatic hydroxyl groups is 1. The number of ether oxygens (including phenoxy) is 1. The smallest absolute Gasteiger partial charge is 0.340 e. The van der Waals surface area contributed by atoms with E-state index in [4.69, 9.17) is 4.74 Å². The van der Waals surface area contributed by atoms with Crippen LogP contribution in [0.2, 0.25) is 0 Å². The van der Waals surface area contributed by atoms with Gasteiger partial charge in [-0.1, -0.05) is 45.4 Å². The van der Waals surface area contributed by atoms with Crippen molar-refractivity contribution in [3.05, 3.63) is 29.8 Å². The zero-order valence-corrected chi connectivity index (χ0v) is 13.5. The molecule has 0 heterocycles. The van der Waals surface area contributed by atoms with E-state index in [1.165, 1.54) is 12.1 Å². The maximum atomic E-state index is 12.3. The fourth-order valence-electron chi connectivity index (χ4n) is 3.31. The second-order valence-corrected chi connectivity index (χ2v) is 6.76. The third-order valence-electron chi connectivity index (χ3n) is 4.68. The lowest BCUT2D eigenvalue weighted by Crippen LogP contribution is -2.37. The van der Waals surface area contributed by atoms with Crippen LogP contribution in [-0.4, -0.2) is 22.3 Å². The number of rotatable bonds is 4. The Morgan fingerprint density at radius 3 is 2.59 bits per heavy atom. The number of esters is 1. The van der Waals surface area contributed by atoms with Gasteiger partial charge in [0.1, 0.15) is 11.9 Å². The van der Waals surface area contributed by atoms with Crippen molar-refractivity contribution in [3.8, 4) is 5.75 Å². The van der Waals surface area contributed by atoms with Crippen molar-refractivity contribution in [2.75, 3.05) is 0 Å². The molecule has 1 aliphatic rings. The summed E-state index contributed by atoms with van der Waals surface area (Å²) >= 11 is 0. The first-order valence-electron chi connectivity index (χ1n) is 8.06. The zero-order valence-electron chi connectivity index (χ0n) is 13.5. The van der Waals surface area contributed by atoms with Crippen LogP contribution in [0.4, 0.5) is 0 Å². The van der Waals surface area contributed by atoms with Gasteiger partial charge < -0.3 is 14.9 Å². The molecular formula is C18H26O4.